The minimum absolute atomic E-state index is 0.130. The van der Waals surface area contributed by atoms with E-state index in [-0.39, 0.29) is 18.6 Å². The summed E-state index contributed by atoms with van der Waals surface area (Å²) in [6, 6.07) is 24.5. The molecule has 5 heteroatoms. The molecule has 0 aromatic heterocycles. The van der Waals surface area contributed by atoms with Crippen LogP contribution in [0.5, 0.6) is 17.2 Å². The largest absolute Gasteiger partial charge is 0.491 e. The zero-order valence-electron chi connectivity index (χ0n) is 16.7. The predicted octanol–water partition coefficient (Wildman–Crippen LogP) is 5.71. The Labute approximate surface area is 171 Å². The molecule has 0 aliphatic heterocycles. The fourth-order valence-corrected chi connectivity index (χ4v) is 2.61. The number of rotatable bonds is 9. The van der Waals surface area contributed by atoms with Gasteiger partial charge in [0.25, 0.3) is 0 Å². The van der Waals surface area contributed by atoms with Crippen molar-refractivity contribution in [2.24, 2.45) is 0 Å². The lowest BCUT2D eigenvalue weighted by Gasteiger charge is -2.14. The summed E-state index contributed by atoms with van der Waals surface area (Å²) in [5.41, 5.74) is 1.55. The summed E-state index contributed by atoms with van der Waals surface area (Å²) >= 11 is 0. The lowest BCUT2D eigenvalue weighted by atomic mass is 10.2. The molecule has 5 nitrogen and oxygen atoms in total. The molecule has 2 N–H and O–H groups in total. The number of para-hydroxylation sites is 1. The smallest absolute Gasteiger partial charge is 0.243 e. The van der Waals surface area contributed by atoms with Crippen LogP contribution in [-0.4, -0.2) is 18.6 Å². The van der Waals surface area contributed by atoms with Crippen molar-refractivity contribution in [3.8, 4) is 17.2 Å². The molecule has 0 aliphatic carbocycles. The van der Waals surface area contributed by atoms with Crippen molar-refractivity contribution >= 4 is 17.3 Å². The quantitative estimate of drug-likeness (QED) is 0.491. The van der Waals surface area contributed by atoms with Gasteiger partial charge < -0.3 is 20.1 Å². The van der Waals surface area contributed by atoms with E-state index in [1.165, 1.54) is 0 Å². The normalized spacial score (nSPS) is 11.4. The second-order valence-electron chi connectivity index (χ2n) is 6.71. The Morgan fingerprint density at radius 2 is 1.55 bits per heavy atom. The molecule has 0 radical (unpaired) electrons. The van der Waals surface area contributed by atoms with Crippen molar-refractivity contribution < 1.29 is 14.3 Å². The van der Waals surface area contributed by atoms with Crippen LogP contribution in [0.2, 0.25) is 0 Å². The molecule has 0 bridgehead atoms. The van der Waals surface area contributed by atoms with Gasteiger partial charge in [-0.2, -0.15) is 0 Å². The molecule has 1 atom stereocenters. The second-order valence-corrected chi connectivity index (χ2v) is 6.71. The lowest BCUT2D eigenvalue weighted by Crippen LogP contribution is -2.21. The van der Waals surface area contributed by atoms with Gasteiger partial charge in [0.15, 0.2) is 0 Å². The number of carbonyl (C=O) groups is 1. The summed E-state index contributed by atoms with van der Waals surface area (Å²) in [4.78, 5) is 12.2. The highest BCUT2D eigenvalue weighted by Gasteiger charge is 2.05. The number of nitrogens with one attached hydrogen (secondary N) is 2. The summed E-state index contributed by atoms with van der Waals surface area (Å²) in [5, 5.41) is 5.99. The van der Waals surface area contributed by atoms with Gasteiger partial charge in [-0.3, -0.25) is 4.79 Å². The molecule has 29 heavy (non-hydrogen) atoms. The van der Waals surface area contributed by atoms with Crippen LogP contribution in [0.4, 0.5) is 11.4 Å². The molecule has 3 aromatic rings. The van der Waals surface area contributed by atoms with Crippen molar-refractivity contribution in [1.82, 2.24) is 0 Å². The number of anilines is 2. The van der Waals surface area contributed by atoms with E-state index >= 15 is 0 Å². The molecule has 0 fully saturated rings. The van der Waals surface area contributed by atoms with Gasteiger partial charge in [-0.25, -0.2) is 0 Å². The summed E-state index contributed by atoms with van der Waals surface area (Å²) < 4.78 is 11.6. The first-order valence-corrected chi connectivity index (χ1v) is 9.76. The molecule has 3 aromatic carbocycles. The molecular formula is C24H26N2O3. The number of ether oxygens (including phenoxy) is 2. The van der Waals surface area contributed by atoms with Gasteiger partial charge in [0.05, 0.1) is 12.6 Å². The van der Waals surface area contributed by atoms with Crippen LogP contribution < -0.4 is 20.1 Å². The molecule has 0 saturated heterocycles. The Bertz CT molecular complexity index is 911. The summed E-state index contributed by atoms with van der Waals surface area (Å²) in [7, 11) is 0. The van der Waals surface area contributed by atoms with Crippen LogP contribution in [0.15, 0.2) is 78.9 Å². The van der Waals surface area contributed by atoms with E-state index in [1.54, 1.807) is 0 Å². The predicted molar refractivity (Wildman–Crippen MR) is 117 cm³/mol. The van der Waals surface area contributed by atoms with Crippen molar-refractivity contribution in [3.05, 3.63) is 78.9 Å². The van der Waals surface area contributed by atoms with E-state index in [9.17, 15) is 4.79 Å². The summed E-state index contributed by atoms with van der Waals surface area (Å²) in [5.74, 6) is 2.15. The fraction of sp³-hybridized carbons (Fsp3) is 0.208. The van der Waals surface area contributed by atoms with Crippen molar-refractivity contribution in [2.45, 2.75) is 26.4 Å². The first kappa shape index (κ1) is 20.3. The number of hydrogen-bond donors (Lipinski definition) is 2. The zero-order valence-corrected chi connectivity index (χ0v) is 16.7. The fourth-order valence-electron chi connectivity index (χ4n) is 2.61. The van der Waals surface area contributed by atoms with Crippen molar-refractivity contribution in [1.29, 1.82) is 0 Å². The summed E-state index contributed by atoms with van der Waals surface area (Å²) in [6.07, 6.45) is 1.09. The van der Waals surface area contributed by atoms with E-state index in [1.807, 2.05) is 85.8 Å². The molecule has 0 spiro atoms. The van der Waals surface area contributed by atoms with Gasteiger partial charge in [-0.05, 0) is 61.9 Å². The topological polar surface area (TPSA) is 59.6 Å². The van der Waals surface area contributed by atoms with Crippen LogP contribution in [0.25, 0.3) is 0 Å². The average molecular weight is 390 g/mol. The SMILES string of the molecule is CCC(C)Oc1cccc(NCC(=O)Nc2ccc(Oc3ccccc3)cc2)c1. The van der Waals surface area contributed by atoms with Crippen LogP contribution in [0, 0.1) is 0 Å². The number of amides is 1. The highest BCUT2D eigenvalue weighted by molar-refractivity contribution is 5.93. The maximum absolute atomic E-state index is 12.2. The van der Waals surface area contributed by atoms with Gasteiger partial charge in [-0.1, -0.05) is 31.2 Å². The van der Waals surface area contributed by atoms with Gasteiger partial charge in [0.1, 0.15) is 17.2 Å². The van der Waals surface area contributed by atoms with E-state index in [4.69, 9.17) is 9.47 Å². The van der Waals surface area contributed by atoms with Crippen LogP contribution in [0.3, 0.4) is 0 Å². The van der Waals surface area contributed by atoms with Gasteiger partial charge in [0.2, 0.25) is 5.91 Å². The second kappa shape index (κ2) is 10.2. The van der Waals surface area contributed by atoms with Gasteiger partial charge >= 0.3 is 0 Å². The molecule has 1 unspecified atom stereocenters. The Morgan fingerprint density at radius 3 is 2.28 bits per heavy atom. The van der Waals surface area contributed by atoms with Crippen LogP contribution in [0.1, 0.15) is 20.3 Å². The first-order chi connectivity index (χ1) is 14.1. The standard InChI is InChI=1S/C24H26N2O3/c1-3-18(2)28-23-11-7-8-20(16-23)25-17-24(27)26-19-12-14-22(15-13-19)29-21-9-5-4-6-10-21/h4-16,18,25H,3,17H2,1-2H3,(H,26,27). The third-order valence-electron chi connectivity index (χ3n) is 4.32. The minimum atomic E-state index is -0.130. The molecule has 0 heterocycles. The molecule has 150 valence electrons. The first-order valence-electron chi connectivity index (χ1n) is 9.76. The van der Waals surface area contributed by atoms with E-state index in [0.29, 0.717) is 11.4 Å². The van der Waals surface area contributed by atoms with Crippen LogP contribution >= 0.6 is 0 Å². The Balaban J connectivity index is 1.49. The maximum atomic E-state index is 12.2. The zero-order chi connectivity index (χ0) is 20.5. The van der Waals surface area contributed by atoms with E-state index in [2.05, 4.69) is 17.6 Å². The Morgan fingerprint density at radius 1 is 0.862 bits per heavy atom. The monoisotopic (exact) mass is 390 g/mol. The van der Waals surface area contributed by atoms with Gasteiger partial charge in [-0.15, -0.1) is 0 Å². The molecular weight excluding hydrogens is 364 g/mol. The Kier molecular flexibility index (Phi) is 7.11. The van der Waals surface area contributed by atoms with Crippen LogP contribution in [-0.2, 0) is 4.79 Å². The van der Waals surface area contributed by atoms with Crippen molar-refractivity contribution in [2.75, 3.05) is 17.2 Å². The van der Waals surface area contributed by atoms with Gasteiger partial charge in [0, 0.05) is 17.4 Å². The maximum Gasteiger partial charge on any atom is 0.243 e. The van der Waals surface area contributed by atoms with E-state index in [0.717, 1.165) is 23.6 Å². The molecule has 0 aliphatic rings. The Hall–Kier alpha value is -3.47. The molecule has 3 rings (SSSR count). The van der Waals surface area contributed by atoms with Crippen molar-refractivity contribution in [3.63, 3.8) is 0 Å². The molecule has 1 amide bonds. The highest BCUT2D eigenvalue weighted by Crippen LogP contribution is 2.23. The highest BCUT2D eigenvalue weighted by atomic mass is 16.5. The summed E-state index contributed by atoms with van der Waals surface area (Å²) in [6.45, 7) is 4.27. The third-order valence-corrected chi connectivity index (χ3v) is 4.32. The average Bonchev–Trinajstić information content (AvgIpc) is 2.74. The third kappa shape index (κ3) is 6.57. The van der Waals surface area contributed by atoms with E-state index < -0.39 is 0 Å². The number of benzene rings is 3. The minimum Gasteiger partial charge on any atom is -0.491 e. The number of carbonyl (C=O) groups excluding carboxylic acids is 1. The molecule has 0 saturated carbocycles. The lowest BCUT2D eigenvalue weighted by molar-refractivity contribution is -0.114. The number of hydrogen-bond acceptors (Lipinski definition) is 4.